The van der Waals surface area contributed by atoms with E-state index >= 15 is 0 Å². The molecule has 1 saturated carbocycles. The Morgan fingerprint density at radius 3 is 2.55 bits per heavy atom. The quantitative estimate of drug-likeness (QED) is 0.939. The summed E-state index contributed by atoms with van der Waals surface area (Å²) in [6.07, 6.45) is 3.26. The van der Waals surface area contributed by atoms with Crippen molar-refractivity contribution in [2.45, 2.75) is 24.8 Å². The molecule has 0 bridgehead atoms. The van der Waals surface area contributed by atoms with Crippen LogP contribution in [0.1, 0.15) is 24.3 Å². The summed E-state index contributed by atoms with van der Waals surface area (Å²) < 4.78 is 10.6. The average Bonchev–Trinajstić information content (AvgIpc) is 2.94. The minimum Gasteiger partial charge on any atom is -0.493 e. The second-order valence-corrected chi connectivity index (χ2v) is 5.98. The van der Waals surface area contributed by atoms with Gasteiger partial charge in [-0.15, -0.1) is 11.3 Å². The minimum absolute atomic E-state index is 0.195. The van der Waals surface area contributed by atoms with Crippen molar-refractivity contribution in [1.29, 1.82) is 0 Å². The number of thiazole rings is 1. The minimum atomic E-state index is -0.195. The van der Waals surface area contributed by atoms with Crippen LogP contribution < -0.4 is 15.2 Å². The van der Waals surface area contributed by atoms with E-state index in [0.717, 1.165) is 34.9 Å². The van der Waals surface area contributed by atoms with Crippen LogP contribution in [0.5, 0.6) is 11.5 Å². The van der Waals surface area contributed by atoms with Crippen molar-refractivity contribution in [2.75, 3.05) is 14.2 Å². The van der Waals surface area contributed by atoms with E-state index in [2.05, 4.69) is 5.38 Å². The van der Waals surface area contributed by atoms with Crippen LogP contribution in [0.15, 0.2) is 23.6 Å². The zero-order valence-electron chi connectivity index (χ0n) is 11.7. The normalized spacial score (nSPS) is 16.6. The molecule has 4 nitrogen and oxygen atoms in total. The molecule has 1 aliphatic carbocycles. The van der Waals surface area contributed by atoms with Gasteiger partial charge in [0.05, 0.1) is 25.5 Å². The van der Waals surface area contributed by atoms with Gasteiger partial charge in [-0.2, -0.15) is 0 Å². The zero-order valence-corrected chi connectivity index (χ0v) is 12.5. The third kappa shape index (κ3) is 2.17. The van der Waals surface area contributed by atoms with Gasteiger partial charge in [-0.25, -0.2) is 4.98 Å². The topological polar surface area (TPSA) is 57.4 Å². The second kappa shape index (κ2) is 5.07. The molecule has 2 aromatic rings. The summed E-state index contributed by atoms with van der Waals surface area (Å²) in [7, 11) is 3.27. The Balaban J connectivity index is 1.93. The van der Waals surface area contributed by atoms with Gasteiger partial charge in [0.15, 0.2) is 11.5 Å². The van der Waals surface area contributed by atoms with Crippen molar-refractivity contribution in [2.24, 2.45) is 5.73 Å². The van der Waals surface area contributed by atoms with Crippen molar-refractivity contribution in [3.05, 3.63) is 28.6 Å². The highest BCUT2D eigenvalue weighted by atomic mass is 32.1. The molecule has 20 heavy (non-hydrogen) atoms. The first-order chi connectivity index (χ1) is 9.66. The van der Waals surface area contributed by atoms with E-state index in [9.17, 15) is 0 Å². The lowest BCUT2D eigenvalue weighted by Gasteiger charge is -2.35. The van der Waals surface area contributed by atoms with Gasteiger partial charge in [-0.3, -0.25) is 0 Å². The molecule has 1 aliphatic rings. The first kappa shape index (κ1) is 13.4. The number of rotatable bonds is 4. The van der Waals surface area contributed by atoms with Crippen molar-refractivity contribution in [3.63, 3.8) is 0 Å². The Kier molecular flexibility index (Phi) is 3.40. The Hall–Kier alpha value is -1.59. The van der Waals surface area contributed by atoms with Gasteiger partial charge in [0.25, 0.3) is 0 Å². The maximum absolute atomic E-state index is 6.32. The van der Waals surface area contributed by atoms with Crippen LogP contribution in [0.2, 0.25) is 0 Å². The van der Waals surface area contributed by atoms with Crippen LogP contribution >= 0.6 is 11.3 Å². The number of ether oxygens (including phenoxy) is 2. The fourth-order valence-electron chi connectivity index (χ4n) is 2.40. The summed E-state index contributed by atoms with van der Waals surface area (Å²) in [6.45, 7) is 0. The molecule has 0 saturated heterocycles. The van der Waals surface area contributed by atoms with E-state index in [4.69, 9.17) is 20.2 Å². The smallest absolute Gasteiger partial charge is 0.161 e. The van der Waals surface area contributed by atoms with E-state index in [0.29, 0.717) is 5.75 Å². The summed E-state index contributed by atoms with van der Waals surface area (Å²) in [6, 6.07) is 5.83. The summed E-state index contributed by atoms with van der Waals surface area (Å²) in [5, 5.41) is 3.09. The first-order valence-electron chi connectivity index (χ1n) is 6.63. The molecule has 1 aromatic carbocycles. The van der Waals surface area contributed by atoms with Crippen LogP contribution in [0.4, 0.5) is 0 Å². The summed E-state index contributed by atoms with van der Waals surface area (Å²) in [5.74, 6) is 1.44. The molecule has 1 fully saturated rings. The van der Waals surface area contributed by atoms with Gasteiger partial charge >= 0.3 is 0 Å². The monoisotopic (exact) mass is 290 g/mol. The zero-order chi connectivity index (χ0) is 14.2. The summed E-state index contributed by atoms with van der Waals surface area (Å²) in [5.41, 5.74) is 8.09. The molecule has 0 atom stereocenters. The number of hydrogen-bond donors (Lipinski definition) is 1. The maximum Gasteiger partial charge on any atom is 0.161 e. The van der Waals surface area contributed by atoms with E-state index in [-0.39, 0.29) is 5.54 Å². The van der Waals surface area contributed by atoms with Gasteiger partial charge < -0.3 is 15.2 Å². The van der Waals surface area contributed by atoms with E-state index < -0.39 is 0 Å². The first-order valence-corrected chi connectivity index (χ1v) is 7.51. The molecule has 5 heteroatoms. The largest absolute Gasteiger partial charge is 0.493 e. The molecule has 2 N–H and O–H groups in total. The molecule has 0 amide bonds. The predicted octanol–water partition coefficient (Wildman–Crippen LogP) is 3.17. The SMILES string of the molecule is COc1ccc(-c2csc(C3(N)CCC3)n2)cc1OC. The van der Waals surface area contributed by atoms with Gasteiger partial charge in [0.1, 0.15) is 5.01 Å². The Morgan fingerprint density at radius 2 is 1.95 bits per heavy atom. The molecule has 1 aromatic heterocycles. The van der Waals surface area contributed by atoms with Crippen LogP contribution in [-0.2, 0) is 5.54 Å². The Morgan fingerprint density at radius 1 is 1.20 bits per heavy atom. The average molecular weight is 290 g/mol. The van der Waals surface area contributed by atoms with E-state index in [1.807, 2.05) is 18.2 Å². The third-order valence-electron chi connectivity index (χ3n) is 3.86. The Bertz CT molecular complexity index is 620. The molecule has 0 aliphatic heterocycles. The lowest BCUT2D eigenvalue weighted by Crippen LogP contribution is -2.43. The molecular weight excluding hydrogens is 272 g/mol. The molecule has 106 valence electrons. The van der Waals surface area contributed by atoms with E-state index in [1.165, 1.54) is 6.42 Å². The highest BCUT2D eigenvalue weighted by Gasteiger charge is 2.37. The molecule has 3 rings (SSSR count). The molecule has 0 spiro atoms. The van der Waals surface area contributed by atoms with Crippen molar-refractivity contribution in [1.82, 2.24) is 4.98 Å². The van der Waals surface area contributed by atoms with Crippen LogP contribution in [0.3, 0.4) is 0 Å². The molecule has 1 heterocycles. The fraction of sp³-hybridized carbons (Fsp3) is 0.400. The van der Waals surface area contributed by atoms with Gasteiger partial charge in [0.2, 0.25) is 0 Å². The fourth-order valence-corrected chi connectivity index (χ4v) is 3.40. The number of benzene rings is 1. The summed E-state index contributed by atoms with van der Waals surface area (Å²) >= 11 is 1.64. The number of methoxy groups -OCH3 is 2. The van der Waals surface area contributed by atoms with Crippen molar-refractivity contribution < 1.29 is 9.47 Å². The Labute approximate surface area is 122 Å². The van der Waals surface area contributed by atoms with Crippen molar-refractivity contribution >= 4 is 11.3 Å². The number of hydrogen-bond acceptors (Lipinski definition) is 5. The highest BCUT2D eigenvalue weighted by molar-refractivity contribution is 7.10. The van der Waals surface area contributed by atoms with Gasteiger partial charge in [-0.1, -0.05) is 0 Å². The lowest BCUT2D eigenvalue weighted by molar-refractivity contribution is 0.253. The van der Waals surface area contributed by atoms with Crippen LogP contribution in [0.25, 0.3) is 11.3 Å². The molecule has 0 unspecified atom stereocenters. The van der Waals surface area contributed by atoms with Gasteiger partial charge in [-0.05, 0) is 37.5 Å². The molecule has 0 radical (unpaired) electrons. The summed E-state index contributed by atoms with van der Waals surface area (Å²) in [4.78, 5) is 4.70. The standard InChI is InChI=1S/C15H18N2O2S/c1-18-12-5-4-10(8-13(12)19-2)11-9-20-14(17-11)15(16)6-3-7-15/h4-5,8-9H,3,6-7,16H2,1-2H3. The number of nitrogens with two attached hydrogens (primary N) is 1. The van der Waals surface area contributed by atoms with Crippen LogP contribution in [0, 0.1) is 0 Å². The lowest BCUT2D eigenvalue weighted by atomic mass is 9.78. The third-order valence-corrected chi connectivity index (χ3v) is 4.92. The second-order valence-electron chi connectivity index (χ2n) is 5.12. The number of aromatic nitrogens is 1. The highest BCUT2D eigenvalue weighted by Crippen LogP contribution is 2.41. The van der Waals surface area contributed by atoms with Gasteiger partial charge in [0, 0.05) is 10.9 Å². The molecular formula is C15H18N2O2S. The maximum atomic E-state index is 6.32. The number of nitrogens with zero attached hydrogens (tertiary/aromatic N) is 1. The van der Waals surface area contributed by atoms with Crippen molar-refractivity contribution in [3.8, 4) is 22.8 Å². The van der Waals surface area contributed by atoms with Crippen LogP contribution in [-0.4, -0.2) is 19.2 Å². The van der Waals surface area contributed by atoms with E-state index in [1.54, 1.807) is 25.6 Å². The predicted molar refractivity (Wildman–Crippen MR) is 80.4 cm³/mol.